The van der Waals surface area contributed by atoms with Crippen molar-refractivity contribution >= 4 is 12.3 Å². The van der Waals surface area contributed by atoms with Gasteiger partial charge in [0.05, 0.1) is 0 Å². The molecule has 0 bridgehead atoms. The molecule has 2 saturated carbocycles. The third-order valence-corrected chi connectivity index (χ3v) is 7.82. The summed E-state index contributed by atoms with van der Waals surface area (Å²) in [6, 6.07) is 6.48. The van der Waals surface area contributed by atoms with Crippen LogP contribution in [0.25, 0.3) is 0 Å². The van der Waals surface area contributed by atoms with E-state index in [-0.39, 0.29) is 0 Å². The highest BCUT2D eigenvalue weighted by Gasteiger charge is 2.52. The zero-order valence-corrected chi connectivity index (χ0v) is 17.2. The molecule has 1 aromatic rings. The molecular formula is C22H31NO3S. The summed E-state index contributed by atoms with van der Waals surface area (Å²) in [6.07, 6.45) is 12.9. The van der Waals surface area contributed by atoms with Gasteiger partial charge in [0.25, 0.3) is 12.3 Å². The Balaban J connectivity index is 1.53. The number of nitrogens with two attached hydrogens (primary N) is 1. The van der Waals surface area contributed by atoms with Gasteiger partial charge in [-0.1, -0.05) is 38.0 Å². The van der Waals surface area contributed by atoms with Crippen LogP contribution in [-0.2, 0) is 15.7 Å². The van der Waals surface area contributed by atoms with Crippen LogP contribution in [0.1, 0.15) is 75.8 Å². The standard InChI is InChI=1S/C22H31NO3S/c1-3-4-5-16-7-11-21-20-9-6-15-14-17(24-27-26-25-23)8-10-18(15)19(20)12-13-22(16,21)2/h5,8,10,14,19-21H,3-4,6-7,9,11-13,23H2,1-2H3. The van der Waals surface area contributed by atoms with Gasteiger partial charge in [0.2, 0.25) is 0 Å². The molecule has 1 aromatic carbocycles. The normalized spacial score (nSPS) is 33.4. The minimum absolute atomic E-state index is 0.451. The van der Waals surface area contributed by atoms with Crippen molar-refractivity contribution < 1.29 is 13.5 Å². The summed E-state index contributed by atoms with van der Waals surface area (Å²) in [5, 5.41) is 0. The lowest BCUT2D eigenvalue weighted by atomic mass is 9.55. The first-order chi connectivity index (χ1) is 13.2. The SMILES string of the molecule is CCCC=C1CCC2C3CCc4cc(OSOON)ccc4C3CCC12C. The Morgan fingerprint density at radius 2 is 2.15 bits per heavy atom. The quantitative estimate of drug-likeness (QED) is 0.211. The topological polar surface area (TPSA) is 53.7 Å². The second-order valence-corrected chi connectivity index (χ2v) is 9.04. The van der Waals surface area contributed by atoms with E-state index in [2.05, 4.69) is 41.4 Å². The Kier molecular flexibility index (Phi) is 5.83. The van der Waals surface area contributed by atoms with Crippen LogP contribution in [0.3, 0.4) is 0 Å². The lowest BCUT2D eigenvalue weighted by molar-refractivity contribution is -0.199. The maximum atomic E-state index is 5.47. The molecule has 148 valence electrons. The summed E-state index contributed by atoms with van der Waals surface area (Å²) in [5.74, 6) is 8.03. The molecule has 4 rings (SSSR count). The fraction of sp³-hybridized carbons (Fsp3) is 0.636. The van der Waals surface area contributed by atoms with Crippen LogP contribution in [0, 0.1) is 17.3 Å². The van der Waals surface area contributed by atoms with E-state index in [4.69, 9.17) is 10.1 Å². The van der Waals surface area contributed by atoms with Gasteiger partial charge in [-0.2, -0.15) is 5.90 Å². The predicted molar refractivity (Wildman–Crippen MR) is 109 cm³/mol. The second-order valence-electron chi connectivity index (χ2n) is 8.60. The summed E-state index contributed by atoms with van der Waals surface area (Å²) < 4.78 is 10.00. The molecule has 2 fully saturated rings. The van der Waals surface area contributed by atoms with Crippen molar-refractivity contribution in [2.75, 3.05) is 0 Å². The van der Waals surface area contributed by atoms with Crippen molar-refractivity contribution in [2.45, 2.75) is 71.1 Å². The number of hydrogen-bond acceptors (Lipinski definition) is 5. The van der Waals surface area contributed by atoms with E-state index in [1.807, 2.05) is 6.07 Å². The summed E-state index contributed by atoms with van der Waals surface area (Å²) in [4.78, 5) is 4.06. The first kappa shape index (κ1) is 19.3. The Morgan fingerprint density at radius 1 is 1.26 bits per heavy atom. The molecule has 27 heavy (non-hydrogen) atoms. The fourth-order valence-electron chi connectivity index (χ4n) is 6.18. The third-order valence-electron chi connectivity index (χ3n) is 7.42. The van der Waals surface area contributed by atoms with E-state index < -0.39 is 0 Å². The molecule has 0 spiro atoms. The highest BCUT2D eigenvalue weighted by atomic mass is 32.2. The molecule has 4 nitrogen and oxygen atoms in total. The van der Waals surface area contributed by atoms with E-state index in [9.17, 15) is 0 Å². The number of hydrogen-bond donors (Lipinski definition) is 1. The molecule has 0 aliphatic heterocycles. The van der Waals surface area contributed by atoms with Crippen molar-refractivity contribution in [3.8, 4) is 5.75 Å². The Bertz CT molecular complexity index is 707. The van der Waals surface area contributed by atoms with Gasteiger partial charge in [0, 0.05) is 0 Å². The first-order valence-corrected chi connectivity index (χ1v) is 11.0. The highest BCUT2D eigenvalue weighted by molar-refractivity contribution is 7.90. The highest BCUT2D eigenvalue weighted by Crippen LogP contribution is 2.62. The summed E-state index contributed by atoms with van der Waals surface area (Å²) >= 11 is 0.745. The Labute approximate surface area is 167 Å². The average Bonchev–Trinajstić information content (AvgIpc) is 3.02. The van der Waals surface area contributed by atoms with E-state index in [1.54, 1.807) is 11.1 Å². The molecule has 3 aliphatic carbocycles. The van der Waals surface area contributed by atoms with Crippen LogP contribution in [0.15, 0.2) is 29.8 Å². The van der Waals surface area contributed by atoms with Crippen LogP contribution in [0.5, 0.6) is 5.75 Å². The van der Waals surface area contributed by atoms with Crippen molar-refractivity contribution in [1.82, 2.24) is 0 Å². The van der Waals surface area contributed by atoms with Gasteiger partial charge in [-0.25, -0.2) is 0 Å². The lowest BCUT2D eigenvalue weighted by Crippen LogP contribution is -2.40. The molecule has 0 amide bonds. The fourth-order valence-corrected chi connectivity index (χ4v) is 6.42. The van der Waals surface area contributed by atoms with E-state index in [0.29, 0.717) is 11.3 Å². The molecule has 3 aliphatic rings. The third kappa shape index (κ3) is 3.55. The molecule has 0 heterocycles. The van der Waals surface area contributed by atoms with Crippen molar-refractivity contribution in [3.05, 3.63) is 41.0 Å². The summed E-state index contributed by atoms with van der Waals surface area (Å²) in [5.41, 5.74) is 5.20. The van der Waals surface area contributed by atoms with Gasteiger partial charge in [-0.15, -0.1) is 9.32 Å². The minimum Gasteiger partial charge on any atom is -0.399 e. The van der Waals surface area contributed by atoms with Crippen LogP contribution >= 0.6 is 12.3 Å². The molecule has 2 N–H and O–H groups in total. The zero-order chi connectivity index (χ0) is 18.9. The molecular weight excluding hydrogens is 358 g/mol. The zero-order valence-electron chi connectivity index (χ0n) is 16.4. The first-order valence-electron chi connectivity index (χ1n) is 10.4. The van der Waals surface area contributed by atoms with Crippen LogP contribution in [-0.4, -0.2) is 0 Å². The maximum Gasteiger partial charge on any atom is 0.260 e. The lowest BCUT2D eigenvalue weighted by Gasteiger charge is -2.49. The van der Waals surface area contributed by atoms with Gasteiger partial charge in [0.15, 0.2) is 0 Å². The predicted octanol–water partition coefficient (Wildman–Crippen LogP) is 6.03. The summed E-state index contributed by atoms with van der Waals surface area (Å²) in [7, 11) is 0. The number of allylic oxidation sites excluding steroid dienone is 2. The smallest absolute Gasteiger partial charge is 0.260 e. The van der Waals surface area contributed by atoms with Crippen molar-refractivity contribution in [2.24, 2.45) is 23.1 Å². The molecule has 0 radical (unpaired) electrons. The maximum absolute atomic E-state index is 5.47. The van der Waals surface area contributed by atoms with Gasteiger partial charge in [-0.05, 0) is 91.4 Å². The Morgan fingerprint density at radius 3 is 2.96 bits per heavy atom. The van der Waals surface area contributed by atoms with Crippen molar-refractivity contribution in [1.29, 1.82) is 0 Å². The molecule has 4 unspecified atom stereocenters. The van der Waals surface area contributed by atoms with Crippen LogP contribution in [0.2, 0.25) is 0 Å². The monoisotopic (exact) mass is 389 g/mol. The molecule has 0 aromatic heterocycles. The van der Waals surface area contributed by atoms with Gasteiger partial charge < -0.3 is 4.18 Å². The van der Waals surface area contributed by atoms with Gasteiger partial charge in [-0.3, -0.25) is 0 Å². The van der Waals surface area contributed by atoms with Crippen molar-refractivity contribution in [3.63, 3.8) is 0 Å². The second kappa shape index (κ2) is 8.16. The summed E-state index contributed by atoms with van der Waals surface area (Å²) in [6.45, 7) is 4.85. The molecule has 4 atom stereocenters. The number of fused-ring (bicyclic) bond motifs is 5. The largest absolute Gasteiger partial charge is 0.399 e. The Hall–Kier alpha value is -1.01. The van der Waals surface area contributed by atoms with E-state index in [1.165, 1.54) is 50.5 Å². The molecule has 5 heteroatoms. The number of rotatable bonds is 6. The number of aryl methyl sites for hydroxylation is 1. The van der Waals surface area contributed by atoms with Gasteiger partial charge in [0.1, 0.15) is 5.75 Å². The molecule has 0 saturated heterocycles. The number of benzene rings is 1. The van der Waals surface area contributed by atoms with Gasteiger partial charge >= 0.3 is 0 Å². The van der Waals surface area contributed by atoms with Crippen LogP contribution in [0.4, 0.5) is 0 Å². The average molecular weight is 390 g/mol. The van der Waals surface area contributed by atoms with Crippen LogP contribution < -0.4 is 10.1 Å². The minimum atomic E-state index is 0.451. The van der Waals surface area contributed by atoms with E-state index in [0.717, 1.165) is 36.3 Å². The number of unbranched alkanes of at least 4 members (excludes halogenated alkanes) is 1. The van der Waals surface area contributed by atoms with E-state index >= 15 is 0 Å².